The number of hydrogen-bond acceptors (Lipinski definition) is 9. The molecule has 0 bridgehead atoms. The molecule has 1 aliphatic carbocycles. The Bertz CT molecular complexity index is 1450. The van der Waals surface area contributed by atoms with Crippen LogP contribution in [0.5, 0.6) is 5.75 Å². The summed E-state index contributed by atoms with van der Waals surface area (Å²) in [5.74, 6) is -0.0813. The molecule has 48 heavy (non-hydrogen) atoms. The average Bonchev–Trinajstić information content (AvgIpc) is 3.47. The van der Waals surface area contributed by atoms with Gasteiger partial charge in [0.25, 0.3) is 0 Å². The predicted octanol–water partition coefficient (Wildman–Crippen LogP) is 3.26. The molecule has 5 N–H and O–H groups in total. The van der Waals surface area contributed by atoms with Gasteiger partial charge in [-0.15, -0.1) is 0 Å². The van der Waals surface area contributed by atoms with Crippen molar-refractivity contribution in [1.82, 2.24) is 36.7 Å². The first kappa shape index (κ1) is 35.5. The number of halogens is 1. The number of nitrogens with one attached hydrogen (secondary N) is 5. The minimum absolute atomic E-state index is 0.0227. The maximum Gasteiger partial charge on any atom is 0.407 e. The lowest BCUT2D eigenvalue weighted by Crippen LogP contribution is -2.57. The lowest BCUT2D eigenvalue weighted by molar-refractivity contribution is -0.129. The van der Waals surface area contributed by atoms with E-state index in [9.17, 15) is 14.4 Å². The number of aryl methyl sites for hydroxylation is 1. The van der Waals surface area contributed by atoms with Crippen LogP contribution in [0.1, 0.15) is 75.7 Å². The SMILES string of the molecule is COc1cccc(F)c1CN1C[C@H](NC(=O)C2CCC3NNC(c4ccnc(C)c4)C3C2)CC[C@H]1C(=O)NCCNC(=O)OC(C)(C)C. The van der Waals surface area contributed by atoms with E-state index in [1.807, 2.05) is 24.1 Å². The largest absolute Gasteiger partial charge is 0.496 e. The van der Waals surface area contributed by atoms with Crippen LogP contribution in [0.25, 0.3) is 0 Å². The van der Waals surface area contributed by atoms with Crippen molar-refractivity contribution < 1.29 is 28.2 Å². The summed E-state index contributed by atoms with van der Waals surface area (Å²) in [7, 11) is 1.49. The molecule has 13 heteroatoms. The van der Waals surface area contributed by atoms with Gasteiger partial charge in [-0.05, 0) is 95.5 Å². The molecular formula is C35H50FN7O5. The van der Waals surface area contributed by atoms with Crippen molar-refractivity contribution in [2.24, 2.45) is 11.8 Å². The van der Waals surface area contributed by atoms with Crippen molar-refractivity contribution in [1.29, 1.82) is 0 Å². The van der Waals surface area contributed by atoms with Crippen LogP contribution < -0.4 is 31.5 Å². The zero-order valence-electron chi connectivity index (χ0n) is 28.6. The topological polar surface area (TPSA) is 146 Å². The molecule has 3 heterocycles. The zero-order valence-corrected chi connectivity index (χ0v) is 28.6. The van der Waals surface area contributed by atoms with Crippen molar-refractivity contribution in [3.8, 4) is 5.75 Å². The normalized spacial score (nSPS) is 25.9. The number of ether oxygens (including phenoxy) is 2. The van der Waals surface area contributed by atoms with Gasteiger partial charge in [-0.3, -0.25) is 24.9 Å². The fraction of sp³-hybridized carbons (Fsp3) is 0.600. The third-order valence-corrected chi connectivity index (χ3v) is 9.49. The van der Waals surface area contributed by atoms with Crippen LogP contribution in [0.3, 0.4) is 0 Å². The first-order valence-electron chi connectivity index (χ1n) is 17.0. The number of piperidine rings is 1. The van der Waals surface area contributed by atoms with E-state index in [1.165, 1.54) is 18.7 Å². The summed E-state index contributed by atoms with van der Waals surface area (Å²) >= 11 is 0. The molecule has 2 aliphatic heterocycles. The number of hydrogen-bond donors (Lipinski definition) is 5. The van der Waals surface area contributed by atoms with Gasteiger partial charge in [0.1, 0.15) is 17.2 Å². The molecule has 2 aromatic rings. The van der Waals surface area contributed by atoms with E-state index in [2.05, 4.69) is 37.9 Å². The van der Waals surface area contributed by atoms with Crippen LogP contribution in [-0.2, 0) is 20.9 Å². The van der Waals surface area contributed by atoms with Gasteiger partial charge in [0, 0.05) is 61.6 Å². The third-order valence-electron chi connectivity index (χ3n) is 9.49. The van der Waals surface area contributed by atoms with Crippen LogP contribution in [0.4, 0.5) is 9.18 Å². The highest BCUT2D eigenvalue weighted by Crippen LogP contribution is 2.40. The summed E-state index contributed by atoms with van der Waals surface area (Å²) in [5, 5.41) is 8.83. The average molecular weight is 668 g/mol. The number of benzene rings is 1. The van der Waals surface area contributed by atoms with Crippen LogP contribution in [-0.4, -0.2) is 78.3 Å². The lowest BCUT2D eigenvalue weighted by atomic mass is 9.74. The fourth-order valence-corrected chi connectivity index (χ4v) is 7.21. The number of alkyl carbamates (subject to hydrolysis) is 1. The first-order chi connectivity index (χ1) is 22.9. The minimum Gasteiger partial charge on any atom is -0.496 e. The maximum atomic E-state index is 15.1. The number of rotatable bonds is 10. The molecule has 3 aliphatic rings. The van der Waals surface area contributed by atoms with Crippen molar-refractivity contribution in [2.75, 3.05) is 26.7 Å². The smallest absolute Gasteiger partial charge is 0.407 e. The van der Waals surface area contributed by atoms with Crippen LogP contribution >= 0.6 is 0 Å². The number of hydrazine groups is 1. The summed E-state index contributed by atoms with van der Waals surface area (Å²) in [5.41, 5.74) is 8.75. The van der Waals surface area contributed by atoms with Crippen molar-refractivity contribution in [3.63, 3.8) is 0 Å². The van der Waals surface area contributed by atoms with Gasteiger partial charge in [0.2, 0.25) is 11.8 Å². The Labute approximate surface area is 282 Å². The molecule has 2 saturated heterocycles. The molecule has 5 rings (SSSR count). The molecule has 1 saturated carbocycles. The van der Waals surface area contributed by atoms with Gasteiger partial charge in [0.15, 0.2) is 0 Å². The van der Waals surface area contributed by atoms with E-state index in [4.69, 9.17) is 9.47 Å². The highest BCUT2D eigenvalue weighted by molar-refractivity contribution is 5.82. The number of likely N-dealkylation sites (tertiary alicyclic amines) is 1. The monoisotopic (exact) mass is 667 g/mol. The van der Waals surface area contributed by atoms with Gasteiger partial charge in [-0.2, -0.15) is 0 Å². The molecule has 1 aromatic heterocycles. The van der Waals surface area contributed by atoms with Crippen LogP contribution in [0.2, 0.25) is 0 Å². The number of carbonyl (C=O) groups is 3. The zero-order chi connectivity index (χ0) is 34.4. The second-order valence-corrected chi connectivity index (χ2v) is 14.1. The molecule has 3 fully saturated rings. The number of pyridine rings is 1. The summed E-state index contributed by atoms with van der Waals surface area (Å²) < 4.78 is 25.8. The number of nitrogens with zero attached hydrogens (tertiary/aromatic N) is 2. The van der Waals surface area contributed by atoms with E-state index in [-0.39, 0.29) is 55.4 Å². The predicted molar refractivity (Wildman–Crippen MR) is 178 cm³/mol. The van der Waals surface area contributed by atoms with Gasteiger partial charge >= 0.3 is 6.09 Å². The van der Waals surface area contributed by atoms with E-state index in [1.54, 1.807) is 32.9 Å². The molecule has 1 aromatic carbocycles. The van der Waals surface area contributed by atoms with Gasteiger partial charge < -0.3 is 25.4 Å². The molecule has 6 atom stereocenters. The van der Waals surface area contributed by atoms with Crippen molar-refractivity contribution in [3.05, 3.63) is 59.2 Å². The summed E-state index contributed by atoms with van der Waals surface area (Å²) in [4.78, 5) is 45.4. The van der Waals surface area contributed by atoms with E-state index in [0.29, 0.717) is 36.7 Å². The summed E-state index contributed by atoms with van der Waals surface area (Å²) in [6.07, 6.45) is 4.78. The number of amides is 3. The Kier molecular flexibility index (Phi) is 11.5. The van der Waals surface area contributed by atoms with Crippen molar-refractivity contribution in [2.45, 2.75) is 96.1 Å². The summed E-state index contributed by atoms with van der Waals surface area (Å²) in [6.45, 7) is 8.23. The van der Waals surface area contributed by atoms with E-state index in [0.717, 1.165) is 25.0 Å². The Morgan fingerprint density at radius 1 is 1.04 bits per heavy atom. The Hall–Kier alpha value is -3.81. The molecule has 0 radical (unpaired) electrons. The van der Waals surface area contributed by atoms with Gasteiger partial charge in [-0.25, -0.2) is 14.6 Å². The Morgan fingerprint density at radius 2 is 1.83 bits per heavy atom. The van der Waals surface area contributed by atoms with E-state index >= 15 is 4.39 Å². The first-order valence-corrected chi connectivity index (χ1v) is 17.0. The fourth-order valence-electron chi connectivity index (χ4n) is 7.21. The standard InChI is InChI=1S/C35H50FN7O5/c1-21-17-22(13-14-37-21)31-25-18-23(9-11-28(25)41-42-31)32(44)40-24-10-12-29(33(45)38-15-16-39-34(46)48-35(2,3)4)43(19-24)20-26-27(36)7-6-8-30(26)47-5/h6-8,13-14,17,23-25,28-29,31,41-42H,9-12,15-16,18-20H2,1-5H3,(H,38,45)(H,39,46)(H,40,44)/t23?,24-,25?,28?,29+,31?/m1/s1. The Balaban J connectivity index is 1.22. The maximum absolute atomic E-state index is 15.1. The second-order valence-electron chi connectivity index (χ2n) is 14.1. The Morgan fingerprint density at radius 3 is 2.58 bits per heavy atom. The molecule has 4 unspecified atom stereocenters. The van der Waals surface area contributed by atoms with Crippen LogP contribution in [0.15, 0.2) is 36.5 Å². The lowest BCUT2D eigenvalue weighted by Gasteiger charge is -2.40. The number of aromatic nitrogens is 1. The molecular weight excluding hydrogens is 617 g/mol. The second kappa shape index (κ2) is 15.6. The highest BCUT2D eigenvalue weighted by atomic mass is 19.1. The third kappa shape index (κ3) is 9.00. The number of fused-ring (bicyclic) bond motifs is 1. The number of methoxy groups -OCH3 is 1. The number of carbonyl (C=O) groups excluding carboxylic acids is 3. The van der Waals surface area contributed by atoms with Gasteiger partial charge in [-0.1, -0.05) is 6.07 Å². The van der Waals surface area contributed by atoms with Crippen molar-refractivity contribution >= 4 is 17.9 Å². The highest BCUT2D eigenvalue weighted by Gasteiger charge is 2.43. The minimum atomic E-state index is -0.623. The van der Waals surface area contributed by atoms with E-state index < -0.39 is 23.6 Å². The molecule has 262 valence electrons. The molecule has 12 nitrogen and oxygen atoms in total. The summed E-state index contributed by atoms with van der Waals surface area (Å²) in [6, 6.07) is 8.43. The molecule has 0 spiro atoms. The van der Waals surface area contributed by atoms with Gasteiger partial charge in [0.05, 0.1) is 19.2 Å². The molecule has 3 amide bonds. The quantitative estimate of drug-likeness (QED) is 0.241. The van der Waals surface area contributed by atoms with Crippen LogP contribution in [0, 0.1) is 24.6 Å².